The van der Waals surface area contributed by atoms with Crippen LogP contribution in [0.4, 0.5) is 0 Å². The molecule has 0 aromatic heterocycles. The lowest BCUT2D eigenvalue weighted by molar-refractivity contribution is 0.0320. The maximum absolute atomic E-state index is 9.02. The molecule has 0 aliphatic heterocycles. The second kappa shape index (κ2) is 11.9. The minimum Gasteiger partial charge on any atom is -0.395 e. The quantitative estimate of drug-likeness (QED) is 0.504. The van der Waals surface area contributed by atoms with E-state index in [-0.39, 0.29) is 12.6 Å². The third-order valence-electron chi connectivity index (χ3n) is 1.94. The zero-order valence-electron chi connectivity index (χ0n) is 10.00. The number of rotatable bonds is 11. The summed E-state index contributed by atoms with van der Waals surface area (Å²) in [6.07, 6.45) is 2.10. The van der Waals surface area contributed by atoms with E-state index >= 15 is 0 Å². The summed E-state index contributed by atoms with van der Waals surface area (Å²) in [5.74, 6) is 0. The van der Waals surface area contributed by atoms with Gasteiger partial charge in [0.25, 0.3) is 0 Å². The van der Waals surface area contributed by atoms with Gasteiger partial charge in [-0.25, -0.2) is 0 Å². The first-order valence-corrected chi connectivity index (χ1v) is 5.84. The third kappa shape index (κ3) is 10.1. The Bertz CT molecular complexity index is 122. The molecular formula is C11H25NO3. The number of ether oxygens (including phenoxy) is 2. The fourth-order valence-electron chi connectivity index (χ4n) is 1.11. The molecule has 92 valence electrons. The van der Waals surface area contributed by atoms with Crippen LogP contribution in [-0.2, 0) is 9.47 Å². The van der Waals surface area contributed by atoms with E-state index in [2.05, 4.69) is 19.2 Å². The molecule has 0 bridgehead atoms. The molecule has 0 aliphatic carbocycles. The van der Waals surface area contributed by atoms with Crippen molar-refractivity contribution in [2.24, 2.45) is 0 Å². The van der Waals surface area contributed by atoms with Gasteiger partial charge < -0.3 is 19.9 Å². The van der Waals surface area contributed by atoms with Gasteiger partial charge in [0.15, 0.2) is 0 Å². The summed E-state index contributed by atoms with van der Waals surface area (Å²) in [7, 11) is 0. The lowest BCUT2D eigenvalue weighted by atomic mass is 10.3. The summed E-state index contributed by atoms with van der Waals surface area (Å²) in [4.78, 5) is 0. The smallest absolute Gasteiger partial charge is 0.0701 e. The normalized spacial score (nSPS) is 13.0. The molecule has 1 atom stereocenters. The first-order chi connectivity index (χ1) is 7.35. The van der Waals surface area contributed by atoms with Crippen LogP contribution in [0.2, 0.25) is 0 Å². The van der Waals surface area contributed by atoms with Gasteiger partial charge >= 0.3 is 0 Å². The predicted molar refractivity (Wildman–Crippen MR) is 61.1 cm³/mol. The Morgan fingerprint density at radius 1 is 1.07 bits per heavy atom. The van der Waals surface area contributed by atoms with Crippen molar-refractivity contribution in [1.29, 1.82) is 0 Å². The standard InChI is InChI=1S/C11H25NO3/c1-3-5-12-11(9-13)10-15-8-7-14-6-4-2/h11-13H,3-10H2,1-2H3. The van der Waals surface area contributed by atoms with Crippen LogP contribution in [0.25, 0.3) is 0 Å². The highest BCUT2D eigenvalue weighted by Crippen LogP contribution is 1.87. The summed E-state index contributed by atoms with van der Waals surface area (Å²) < 4.78 is 10.7. The predicted octanol–water partition coefficient (Wildman–Crippen LogP) is 0.790. The van der Waals surface area contributed by atoms with E-state index in [0.717, 1.165) is 26.0 Å². The van der Waals surface area contributed by atoms with E-state index in [1.165, 1.54) is 0 Å². The van der Waals surface area contributed by atoms with Crippen molar-refractivity contribution in [3.05, 3.63) is 0 Å². The second-order valence-corrected chi connectivity index (χ2v) is 3.52. The monoisotopic (exact) mass is 219 g/mol. The Morgan fingerprint density at radius 3 is 2.40 bits per heavy atom. The molecule has 0 aromatic carbocycles. The molecule has 0 heterocycles. The van der Waals surface area contributed by atoms with Crippen LogP contribution >= 0.6 is 0 Å². The number of aliphatic hydroxyl groups is 1. The van der Waals surface area contributed by atoms with E-state index in [1.54, 1.807) is 0 Å². The average Bonchev–Trinajstić information content (AvgIpc) is 2.27. The Morgan fingerprint density at radius 2 is 1.80 bits per heavy atom. The molecule has 15 heavy (non-hydrogen) atoms. The molecule has 0 spiro atoms. The number of hydrogen-bond donors (Lipinski definition) is 2. The van der Waals surface area contributed by atoms with Crippen molar-refractivity contribution in [3.63, 3.8) is 0 Å². The summed E-state index contributed by atoms with van der Waals surface area (Å²) in [5, 5.41) is 12.2. The Hall–Kier alpha value is -0.160. The number of nitrogens with one attached hydrogen (secondary N) is 1. The molecule has 4 nitrogen and oxygen atoms in total. The van der Waals surface area contributed by atoms with Crippen LogP contribution in [0.5, 0.6) is 0 Å². The Labute approximate surface area is 93.0 Å². The van der Waals surface area contributed by atoms with Crippen LogP contribution in [0.3, 0.4) is 0 Å². The van der Waals surface area contributed by atoms with Crippen molar-refractivity contribution in [1.82, 2.24) is 5.32 Å². The van der Waals surface area contributed by atoms with E-state index in [0.29, 0.717) is 19.8 Å². The van der Waals surface area contributed by atoms with Crippen LogP contribution in [0.15, 0.2) is 0 Å². The van der Waals surface area contributed by atoms with E-state index in [9.17, 15) is 0 Å². The second-order valence-electron chi connectivity index (χ2n) is 3.52. The van der Waals surface area contributed by atoms with Gasteiger partial charge in [-0.05, 0) is 19.4 Å². The molecule has 0 amide bonds. The molecular weight excluding hydrogens is 194 g/mol. The highest BCUT2D eigenvalue weighted by molar-refractivity contribution is 4.63. The molecule has 0 aromatic rings. The average molecular weight is 219 g/mol. The summed E-state index contributed by atoms with van der Waals surface area (Å²) in [6.45, 7) is 7.80. The molecule has 4 heteroatoms. The molecule has 0 rings (SSSR count). The van der Waals surface area contributed by atoms with Gasteiger partial charge in [-0.2, -0.15) is 0 Å². The largest absolute Gasteiger partial charge is 0.395 e. The van der Waals surface area contributed by atoms with Crippen molar-refractivity contribution >= 4 is 0 Å². The highest BCUT2D eigenvalue weighted by Gasteiger charge is 2.05. The molecule has 2 N–H and O–H groups in total. The summed E-state index contributed by atoms with van der Waals surface area (Å²) in [5.41, 5.74) is 0. The van der Waals surface area contributed by atoms with Gasteiger partial charge in [-0.3, -0.25) is 0 Å². The fraction of sp³-hybridized carbons (Fsp3) is 1.00. The lowest BCUT2D eigenvalue weighted by Crippen LogP contribution is -2.37. The van der Waals surface area contributed by atoms with Crippen molar-refractivity contribution in [3.8, 4) is 0 Å². The Kier molecular flexibility index (Phi) is 11.8. The van der Waals surface area contributed by atoms with E-state index in [1.807, 2.05) is 0 Å². The van der Waals surface area contributed by atoms with Gasteiger partial charge in [0.2, 0.25) is 0 Å². The topological polar surface area (TPSA) is 50.7 Å². The minimum atomic E-state index is 0.0520. The molecule has 0 fully saturated rings. The summed E-state index contributed by atoms with van der Waals surface area (Å²) in [6, 6.07) is 0.0520. The SMILES string of the molecule is CCCNC(CO)COCCOCCC. The number of hydrogen-bond acceptors (Lipinski definition) is 4. The first kappa shape index (κ1) is 14.8. The van der Waals surface area contributed by atoms with Crippen LogP contribution in [0, 0.1) is 0 Å². The maximum atomic E-state index is 9.02. The van der Waals surface area contributed by atoms with E-state index < -0.39 is 0 Å². The zero-order chi connectivity index (χ0) is 11.4. The van der Waals surface area contributed by atoms with Crippen molar-refractivity contribution in [2.75, 3.05) is 39.6 Å². The molecule has 0 radical (unpaired) electrons. The number of aliphatic hydroxyl groups excluding tert-OH is 1. The van der Waals surface area contributed by atoms with Gasteiger partial charge in [0.05, 0.1) is 32.5 Å². The van der Waals surface area contributed by atoms with Gasteiger partial charge in [-0.1, -0.05) is 13.8 Å². The van der Waals surface area contributed by atoms with Gasteiger partial charge in [-0.15, -0.1) is 0 Å². The van der Waals surface area contributed by atoms with Gasteiger partial charge in [0, 0.05) is 6.61 Å². The first-order valence-electron chi connectivity index (χ1n) is 5.84. The zero-order valence-corrected chi connectivity index (χ0v) is 10.00. The highest BCUT2D eigenvalue weighted by atomic mass is 16.5. The van der Waals surface area contributed by atoms with Crippen molar-refractivity contribution < 1.29 is 14.6 Å². The molecule has 0 saturated carbocycles. The lowest BCUT2D eigenvalue weighted by Gasteiger charge is -2.15. The maximum Gasteiger partial charge on any atom is 0.0701 e. The third-order valence-corrected chi connectivity index (χ3v) is 1.94. The van der Waals surface area contributed by atoms with E-state index in [4.69, 9.17) is 14.6 Å². The molecule has 0 saturated heterocycles. The fourth-order valence-corrected chi connectivity index (χ4v) is 1.11. The molecule has 1 unspecified atom stereocenters. The van der Waals surface area contributed by atoms with Crippen LogP contribution in [-0.4, -0.2) is 50.7 Å². The van der Waals surface area contributed by atoms with Crippen LogP contribution < -0.4 is 5.32 Å². The van der Waals surface area contributed by atoms with Gasteiger partial charge in [0.1, 0.15) is 0 Å². The minimum absolute atomic E-state index is 0.0520. The van der Waals surface area contributed by atoms with Crippen LogP contribution in [0.1, 0.15) is 26.7 Å². The summed E-state index contributed by atoms with van der Waals surface area (Å²) >= 11 is 0. The Balaban J connectivity index is 3.22. The molecule has 0 aliphatic rings. The van der Waals surface area contributed by atoms with Crippen molar-refractivity contribution in [2.45, 2.75) is 32.7 Å².